The molecule has 0 aromatic heterocycles. The second kappa shape index (κ2) is 3.50. The maximum atomic E-state index is 5.36. The molecule has 2 atom stereocenters. The smallest absolute Gasteiger partial charge is 0.261 e. The van der Waals surface area contributed by atoms with Gasteiger partial charge in [-0.25, -0.2) is 5.09 Å². The summed E-state index contributed by atoms with van der Waals surface area (Å²) in [7, 11) is 1.59. The van der Waals surface area contributed by atoms with Gasteiger partial charge in [0.1, 0.15) is 0 Å². The summed E-state index contributed by atoms with van der Waals surface area (Å²) in [5.41, 5.74) is 0. The molecular formula is C6H14NO2PS. The van der Waals surface area contributed by atoms with Gasteiger partial charge in [0.15, 0.2) is 0 Å². The van der Waals surface area contributed by atoms with Crippen molar-refractivity contribution in [3.05, 3.63) is 0 Å². The molecule has 5 heteroatoms. The van der Waals surface area contributed by atoms with E-state index in [0.29, 0.717) is 18.6 Å². The molecule has 1 rings (SSSR count). The first kappa shape index (κ1) is 9.62. The van der Waals surface area contributed by atoms with E-state index in [-0.39, 0.29) is 0 Å². The minimum Gasteiger partial charge on any atom is -0.321 e. The number of hydrogen-bond acceptors (Lipinski definition) is 3. The van der Waals surface area contributed by atoms with Crippen LogP contribution in [0.3, 0.4) is 0 Å². The Labute approximate surface area is 72.7 Å². The third-order valence-electron chi connectivity index (χ3n) is 1.79. The first-order valence-corrected chi connectivity index (χ1v) is 6.29. The van der Waals surface area contributed by atoms with Crippen LogP contribution in [-0.4, -0.2) is 19.8 Å². The molecule has 1 aliphatic heterocycles. The third-order valence-corrected chi connectivity index (χ3v) is 4.49. The monoisotopic (exact) mass is 195 g/mol. The summed E-state index contributed by atoms with van der Waals surface area (Å²) in [5, 5.41) is 3.20. The van der Waals surface area contributed by atoms with Crippen molar-refractivity contribution in [1.82, 2.24) is 5.09 Å². The molecule has 1 heterocycles. The van der Waals surface area contributed by atoms with Gasteiger partial charge in [0.25, 0.3) is 6.64 Å². The zero-order valence-electron chi connectivity index (χ0n) is 7.03. The molecule has 1 unspecified atom stereocenters. The van der Waals surface area contributed by atoms with Crippen molar-refractivity contribution in [2.45, 2.75) is 19.9 Å². The molecule has 0 radical (unpaired) electrons. The molecule has 1 aliphatic rings. The first-order chi connectivity index (χ1) is 5.07. The summed E-state index contributed by atoms with van der Waals surface area (Å²) in [6.07, 6.45) is 0. The van der Waals surface area contributed by atoms with E-state index in [1.807, 2.05) is 0 Å². The van der Waals surface area contributed by atoms with Crippen LogP contribution in [-0.2, 0) is 20.9 Å². The lowest BCUT2D eigenvalue weighted by Gasteiger charge is -2.15. The minimum absolute atomic E-state index is 0.362. The van der Waals surface area contributed by atoms with E-state index in [4.69, 9.17) is 20.9 Å². The second-order valence-corrected chi connectivity index (χ2v) is 6.27. The molecule has 11 heavy (non-hydrogen) atoms. The fourth-order valence-electron chi connectivity index (χ4n) is 0.903. The maximum Gasteiger partial charge on any atom is 0.261 e. The average molecular weight is 195 g/mol. The molecule has 1 saturated heterocycles. The molecule has 1 N–H and O–H groups in total. The van der Waals surface area contributed by atoms with E-state index < -0.39 is 6.64 Å². The maximum absolute atomic E-state index is 5.36. The van der Waals surface area contributed by atoms with Crippen molar-refractivity contribution in [2.75, 3.05) is 13.7 Å². The molecule has 0 aromatic carbocycles. The highest BCUT2D eigenvalue weighted by Gasteiger charge is 2.32. The summed E-state index contributed by atoms with van der Waals surface area (Å²) < 4.78 is 10.4. The SMILES string of the molecule is COP1(=S)N[C@@H](C(C)C)CO1. The standard InChI is InChI=1S/C6H14NO2PS/c1-5(2)6-4-9-10(11,7-6)8-3/h5-6H,4H2,1-3H3,(H,7,11)/t6-,10?/m1/s1. The van der Waals surface area contributed by atoms with Crippen LogP contribution in [0.25, 0.3) is 0 Å². The zero-order valence-corrected chi connectivity index (χ0v) is 8.74. The van der Waals surface area contributed by atoms with E-state index in [1.165, 1.54) is 0 Å². The van der Waals surface area contributed by atoms with E-state index >= 15 is 0 Å². The van der Waals surface area contributed by atoms with Crippen molar-refractivity contribution in [3.63, 3.8) is 0 Å². The molecule has 0 saturated carbocycles. The van der Waals surface area contributed by atoms with Gasteiger partial charge in [-0.3, -0.25) is 0 Å². The van der Waals surface area contributed by atoms with Gasteiger partial charge in [-0.05, 0) is 17.7 Å². The fraction of sp³-hybridized carbons (Fsp3) is 1.00. The van der Waals surface area contributed by atoms with Gasteiger partial charge >= 0.3 is 0 Å². The molecule has 1 fully saturated rings. The Balaban J connectivity index is 2.53. The molecule has 0 amide bonds. The molecule has 66 valence electrons. The molecule has 3 nitrogen and oxygen atoms in total. The van der Waals surface area contributed by atoms with Crippen molar-refractivity contribution in [2.24, 2.45) is 5.92 Å². The van der Waals surface area contributed by atoms with Crippen LogP contribution in [0.1, 0.15) is 13.8 Å². The van der Waals surface area contributed by atoms with E-state index in [2.05, 4.69) is 18.9 Å². The normalized spacial score (nSPS) is 38.4. The summed E-state index contributed by atoms with van der Waals surface area (Å²) in [5.74, 6) is 0.551. The van der Waals surface area contributed by atoms with Crippen LogP contribution < -0.4 is 5.09 Å². The van der Waals surface area contributed by atoms with Crippen molar-refractivity contribution in [3.8, 4) is 0 Å². The lowest BCUT2D eigenvalue weighted by molar-refractivity contribution is 0.289. The van der Waals surface area contributed by atoms with Crippen LogP contribution in [0.15, 0.2) is 0 Å². The Morgan fingerprint density at radius 2 is 2.36 bits per heavy atom. The number of nitrogens with one attached hydrogen (secondary N) is 1. The largest absolute Gasteiger partial charge is 0.321 e. The lowest BCUT2D eigenvalue weighted by Crippen LogP contribution is -2.27. The van der Waals surface area contributed by atoms with Gasteiger partial charge in [0, 0.05) is 13.2 Å². The van der Waals surface area contributed by atoms with Crippen LogP contribution in [0.5, 0.6) is 0 Å². The van der Waals surface area contributed by atoms with Crippen LogP contribution >= 0.6 is 6.64 Å². The van der Waals surface area contributed by atoms with Crippen LogP contribution in [0, 0.1) is 5.92 Å². The highest BCUT2D eigenvalue weighted by molar-refractivity contribution is 8.09. The van der Waals surface area contributed by atoms with Crippen LogP contribution in [0.2, 0.25) is 0 Å². The number of hydrogen-bond donors (Lipinski definition) is 1. The quantitative estimate of drug-likeness (QED) is 0.676. The summed E-state index contributed by atoms with van der Waals surface area (Å²) in [6, 6.07) is 0.362. The highest BCUT2D eigenvalue weighted by atomic mass is 32.5. The molecule has 0 bridgehead atoms. The second-order valence-electron chi connectivity index (χ2n) is 2.96. The van der Waals surface area contributed by atoms with Crippen molar-refractivity contribution >= 4 is 18.4 Å². The first-order valence-electron chi connectivity index (χ1n) is 3.65. The van der Waals surface area contributed by atoms with Crippen molar-refractivity contribution < 1.29 is 9.05 Å². The highest BCUT2D eigenvalue weighted by Crippen LogP contribution is 2.48. The predicted octanol–water partition coefficient (Wildman–Crippen LogP) is 1.50. The third kappa shape index (κ3) is 2.23. The van der Waals surface area contributed by atoms with Gasteiger partial charge in [-0.15, -0.1) is 0 Å². The van der Waals surface area contributed by atoms with E-state index in [1.54, 1.807) is 7.11 Å². The topological polar surface area (TPSA) is 30.5 Å². The number of rotatable bonds is 2. The Kier molecular flexibility index (Phi) is 3.06. The molecule has 0 aliphatic carbocycles. The Hall–Kier alpha value is 0.530. The molecule has 0 aromatic rings. The Bertz CT molecular complexity index is 185. The molecule has 0 spiro atoms. The zero-order chi connectivity index (χ0) is 8.48. The summed E-state index contributed by atoms with van der Waals surface area (Å²) in [6.45, 7) is 2.89. The van der Waals surface area contributed by atoms with E-state index in [0.717, 1.165) is 0 Å². The van der Waals surface area contributed by atoms with Crippen LogP contribution in [0.4, 0.5) is 0 Å². The van der Waals surface area contributed by atoms with Gasteiger partial charge in [-0.1, -0.05) is 13.8 Å². The Morgan fingerprint density at radius 1 is 1.73 bits per heavy atom. The van der Waals surface area contributed by atoms with Gasteiger partial charge in [0.05, 0.1) is 6.61 Å². The Morgan fingerprint density at radius 3 is 2.64 bits per heavy atom. The predicted molar refractivity (Wildman–Crippen MR) is 49.0 cm³/mol. The molecular weight excluding hydrogens is 181 g/mol. The van der Waals surface area contributed by atoms with E-state index in [9.17, 15) is 0 Å². The van der Waals surface area contributed by atoms with Gasteiger partial charge in [0.2, 0.25) is 0 Å². The fourth-order valence-corrected chi connectivity index (χ4v) is 2.91. The van der Waals surface area contributed by atoms with Gasteiger partial charge in [-0.2, -0.15) is 0 Å². The van der Waals surface area contributed by atoms with Gasteiger partial charge < -0.3 is 9.05 Å². The minimum atomic E-state index is -2.08. The lowest BCUT2D eigenvalue weighted by atomic mass is 10.1. The summed E-state index contributed by atoms with van der Waals surface area (Å²) >= 11 is 5.12. The summed E-state index contributed by atoms with van der Waals surface area (Å²) in [4.78, 5) is 0. The van der Waals surface area contributed by atoms with Crippen molar-refractivity contribution in [1.29, 1.82) is 0 Å². The average Bonchev–Trinajstić information content (AvgIpc) is 2.33.